The van der Waals surface area contributed by atoms with E-state index in [9.17, 15) is 13.2 Å². The number of aryl methyl sites for hydroxylation is 2. The van der Waals surface area contributed by atoms with Crippen LogP contribution in [0.1, 0.15) is 35.2 Å². The molecule has 3 aromatic carbocycles. The zero-order valence-electron chi connectivity index (χ0n) is 18.6. The van der Waals surface area contributed by atoms with Crippen molar-refractivity contribution in [3.63, 3.8) is 0 Å². The van der Waals surface area contributed by atoms with Gasteiger partial charge in [-0.2, -0.15) is 0 Å². The predicted octanol–water partition coefficient (Wildman–Crippen LogP) is 5.34. The Bertz CT molecular complexity index is 1210. The van der Waals surface area contributed by atoms with Crippen LogP contribution in [0.5, 0.6) is 0 Å². The van der Waals surface area contributed by atoms with Gasteiger partial charge in [0, 0.05) is 5.02 Å². The van der Waals surface area contributed by atoms with E-state index in [0.29, 0.717) is 16.3 Å². The summed E-state index contributed by atoms with van der Waals surface area (Å²) in [5.41, 5.74) is 3.97. The van der Waals surface area contributed by atoms with E-state index in [1.165, 1.54) is 0 Å². The van der Waals surface area contributed by atoms with Crippen LogP contribution < -0.4 is 9.62 Å². The molecule has 0 radical (unpaired) electrons. The minimum atomic E-state index is -4.00. The predicted molar refractivity (Wildman–Crippen MR) is 130 cm³/mol. The highest BCUT2D eigenvalue weighted by atomic mass is 35.5. The molecule has 0 saturated heterocycles. The van der Waals surface area contributed by atoms with Gasteiger partial charge in [-0.05, 0) is 63.1 Å². The zero-order valence-corrected chi connectivity index (χ0v) is 20.2. The van der Waals surface area contributed by atoms with Gasteiger partial charge in [-0.1, -0.05) is 65.2 Å². The Morgan fingerprint density at radius 1 is 0.938 bits per heavy atom. The molecule has 0 bridgehead atoms. The van der Waals surface area contributed by atoms with Gasteiger partial charge in [0.25, 0.3) is 10.0 Å². The average molecular weight is 471 g/mol. The van der Waals surface area contributed by atoms with Gasteiger partial charge in [0.2, 0.25) is 5.91 Å². The van der Waals surface area contributed by atoms with Gasteiger partial charge in [0.1, 0.15) is 6.54 Å². The van der Waals surface area contributed by atoms with Crippen molar-refractivity contribution < 1.29 is 13.2 Å². The highest BCUT2D eigenvalue weighted by Crippen LogP contribution is 2.31. The Hall–Kier alpha value is -2.83. The number of nitrogens with zero attached hydrogens (tertiary/aromatic N) is 1. The summed E-state index contributed by atoms with van der Waals surface area (Å²) in [7, 11) is -4.00. The first-order valence-corrected chi connectivity index (χ1v) is 12.1. The van der Waals surface area contributed by atoms with Crippen molar-refractivity contribution >= 4 is 33.2 Å². The Kier molecular flexibility index (Phi) is 7.26. The average Bonchev–Trinajstić information content (AvgIpc) is 2.75. The fourth-order valence-corrected chi connectivity index (χ4v) is 5.01. The molecule has 7 heteroatoms. The van der Waals surface area contributed by atoms with Gasteiger partial charge in [0.15, 0.2) is 0 Å². The molecule has 168 valence electrons. The summed E-state index contributed by atoms with van der Waals surface area (Å²) in [6.45, 7) is 7.12. The number of hydrogen-bond donors (Lipinski definition) is 1. The number of rotatable bonds is 7. The SMILES string of the molecule is Cc1ccc([C@H](C)NC(=O)CN(c2cccc(Cl)c2C)S(=O)(=O)c2ccc(C)cc2)cc1. The Balaban J connectivity index is 1.94. The Morgan fingerprint density at radius 3 is 2.09 bits per heavy atom. The first-order valence-electron chi connectivity index (χ1n) is 10.3. The molecule has 1 atom stereocenters. The lowest BCUT2D eigenvalue weighted by Crippen LogP contribution is -2.42. The summed E-state index contributed by atoms with van der Waals surface area (Å²) in [6.07, 6.45) is 0. The standard InChI is InChI=1S/C25H27ClN2O3S/c1-17-8-12-21(13-9-17)20(4)27-25(29)16-28(24-7-5-6-23(26)19(24)3)32(30,31)22-14-10-18(2)11-15-22/h5-15,20H,16H2,1-4H3,(H,27,29)/t20-/m0/s1. The van der Waals surface area contributed by atoms with E-state index in [4.69, 9.17) is 11.6 Å². The highest BCUT2D eigenvalue weighted by molar-refractivity contribution is 7.92. The molecular weight excluding hydrogens is 444 g/mol. The number of benzene rings is 3. The molecule has 0 unspecified atom stereocenters. The van der Waals surface area contributed by atoms with Crippen molar-refractivity contribution in [1.29, 1.82) is 0 Å². The van der Waals surface area contributed by atoms with Gasteiger partial charge >= 0.3 is 0 Å². The van der Waals surface area contributed by atoms with Crippen LogP contribution in [0, 0.1) is 20.8 Å². The Morgan fingerprint density at radius 2 is 1.50 bits per heavy atom. The second-order valence-corrected chi connectivity index (χ2v) is 10.2. The molecule has 0 aromatic heterocycles. The molecule has 32 heavy (non-hydrogen) atoms. The van der Waals surface area contributed by atoms with Crippen LogP contribution in [-0.4, -0.2) is 20.9 Å². The number of carbonyl (C=O) groups is 1. The summed E-state index contributed by atoms with van der Waals surface area (Å²) in [6, 6.07) is 19.1. The van der Waals surface area contributed by atoms with E-state index in [1.807, 2.05) is 45.0 Å². The van der Waals surface area contributed by atoms with Crippen LogP contribution in [-0.2, 0) is 14.8 Å². The van der Waals surface area contributed by atoms with Gasteiger partial charge in [-0.25, -0.2) is 8.42 Å². The summed E-state index contributed by atoms with van der Waals surface area (Å²) < 4.78 is 28.2. The van der Waals surface area contributed by atoms with Crippen molar-refractivity contribution in [2.24, 2.45) is 0 Å². The lowest BCUT2D eigenvalue weighted by Gasteiger charge is -2.27. The van der Waals surface area contributed by atoms with Crippen molar-refractivity contribution in [2.75, 3.05) is 10.8 Å². The molecule has 0 fully saturated rings. The minimum absolute atomic E-state index is 0.113. The van der Waals surface area contributed by atoms with E-state index in [-0.39, 0.29) is 17.5 Å². The number of carbonyl (C=O) groups excluding carboxylic acids is 1. The Labute approximate surface area is 195 Å². The van der Waals surface area contributed by atoms with Crippen molar-refractivity contribution in [3.8, 4) is 0 Å². The normalized spacial score (nSPS) is 12.3. The van der Waals surface area contributed by atoms with Crippen molar-refractivity contribution in [3.05, 3.63) is 94.0 Å². The van der Waals surface area contributed by atoms with Gasteiger partial charge < -0.3 is 5.32 Å². The molecule has 0 saturated carbocycles. The lowest BCUT2D eigenvalue weighted by atomic mass is 10.1. The quantitative estimate of drug-likeness (QED) is 0.507. The molecule has 0 aliphatic rings. The maximum absolute atomic E-state index is 13.5. The maximum Gasteiger partial charge on any atom is 0.264 e. The van der Waals surface area contributed by atoms with Gasteiger partial charge in [-0.3, -0.25) is 9.10 Å². The van der Waals surface area contributed by atoms with Crippen LogP contribution in [0.4, 0.5) is 5.69 Å². The first kappa shape index (κ1) is 23.8. The monoisotopic (exact) mass is 470 g/mol. The number of anilines is 1. The molecular formula is C25H27ClN2O3S. The molecule has 0 aliphatic heterocycles. The molecule has 3 rings (SSSR count). The number of nitrogens with one attached hydrogen (secondary N) is 1. The van der Waals surface area contributed by atoms with E-state index in [1.54, 1.807) is 49.4 Å². The fraction of sp³-hybridized carbons (Fsp3) is 0.240. The first-order chi connectivity index (χ1) is 15.1. The molecule has 0 heterocycles. The van der Waals surface area contributed by atoms with Crippen LogP contribution >= 0.6 is 11.6 Å². The van der Waals surface area contributed by atoms with Crippen LogP contribution in [0.25, 0.3) is 0 Å². The largest absolute Gasteiger partial charge is 0.348 e. The number of sulfonamides is 1. The molecule has 5 nitrogen and oxygen atoms in total. The summed E-state index contributed by atoms with van der Waals surface area (Å²) in [5.74, 6) is -0.409. The van der Waals surface area contributed by atoms with E-state index in [2.05, 4.69) is 5.32 Å². The van der Waals surface area contributed by atoms with Crippen molar-refractivity contribution in [2.45, 2.75) is 38.6 Å². The molecule has 1 N–H and O–H groups in total. The van der Waals surface area contributed by atoms with Crippen LogP contribution in [0.2, 0.25) is 5.02 Å². The van der Waals surface area contributed by atoms with E-state index < -0.39 is 15.9 Å². The topological polar surface area (TPSA) is 66.5 Å². The van der Waals surface area contributed by atoms with Crippen molar-refractivity contribution in [1.82, 2.24) is 5.32 Å². The summed E-state index contributed by atoms with van der Waals surface area (Å²) in [5, 5.41) is 3.34. The van der Waals surface area contributed by atoms with E-state index in [0.717, 1.165) is 21.0 Å². The maximum atomic E-state index is 13.5. The minimum Gasteiger partial charge on any atom is -0.348 e. The zero-order chi connectivity index (χ0) is 23.5. The third-order valence-corrected chi connectivity index (χ3v) is 7.54. The summed E-state index contributed by atoms with van der Waals surface area (Å²) >= 11 is 6.27. The van der Waals surface area contributed by atoms with E-state index >= 15 is 0 Å². The molecule has 0 aliphatic carbocycles. The highest BCUT2D eigenvalue weighted by Gasteiger charge is 2.29. The number of halogens is 1. The summed E-state index contributed by atoms with van der Waals surface area (Å²) in [4.78, 5) is 13.1. The van der Waals surface area contributed by atoms with Crippen LogP contribution in [0.15, 0.2) is 71.6 Å². The smallest absolute Gasteiger partial charge is 0.264 e. The number of amides is 1. The second-order valence-electron chi connectivity index (χ2n) is 7.91. The third kappa shape index (κ3) is 5.31. The van der Waals surface area contributed by atoms with Gasteiger partial charge in [0.05, 0.1) is 16.6 Å². The molecule has 1 amide bonds. The van der Waals surface area contributed by atoms with Crippen LogP contribution in [0.3, 0.4) is 0 Å². The molecule has 0 spiro atoms. The molecule has 3 aromatic rings. The third-order valence-electron chi connectivity index (χ3n) is 5.36. The lowest BCUT2D eigenvalue weighted by molar-refractivity contribution is -0.120. The number of hydrogen-bond acceptors (Lipinski definition) is 3. The van der Waals surface area contributed by atoms with Gasteiger partial charge in [-0.15, -0.1) is 0 Å². The second kappa shape index (κ2) is 9.76. The fourth-order valence-electron chi connectivity index (χ4n) is 3.36.